The second-order valence-corrected chi connectivity index (χ2v) is 7.90. The molecule has 2 N–H and O–H groups in total. The largest absolute Gasteiger partial charge is 0.348 e. The van der Waals surface area contributed by atoms with E-state index in [1.165, 1.54) is 16.9 Å². The summed E-state index contributed by atoms with van der Waals surface area (Å²) in [6, 6.07) is 11.3. The van der Waals surface area contributed by atoms with Gasteiger partial charge in [0.15, 0.2) is 0 Å². The van der Waals surface area contributed by atoms with E-state index in [4.69, 9.17) is 0 Å². The first kappa shape index (κ1) is 18.4. The zero-order chi connectivity index (χ0) is 18.5. The van der Waals surface area contributed by atoms with Crippen LogP contribution in [0.25, 0.3) is 0 Å². The van der Waals surface area contributed by atoms with Crippen molar-refractivity contribution in [2.45, 2.75) is 26.3 Å². The molecular weight excluding hydrogens is 364 g/mol. The van der Waals surface area contributed by atoms with Gasteiger partial charge in [-0.05, 0) is 57.5 Å². The standard InChI is InChI=1S/C20H20N2O2S2/c1-13(2)15-3-5-16(6-4-15)18(23)22-20-17(8-10-26-20)19(24)21-11-14-7-9-25-12-14/h3-10,12-13H,11H2,1-2H3,(H,21,24)(H,22,23). The number of amides is 2. The second kappa shape index (κ2) is 8.29. The van der Waals surface area contributed by atoms with E-state index >= 15 is 0 Å². The molecule has 0 aliphatic heterocycles. The molecule has 3 rings (SSSR count). The van der Waals surface area contributed by atoms with Gasteiger partial charge in [0, 0.05) is 12.1 Å². The Morgan fingerprint density at radius 3 is 2.42 bits per heavy atom. The maximum absolute atomic E-state index is 12.5. The molecule has 0 spiro atoms. The van der Waals surface area contributed by atoms with E-state index in [1.54, 1.807) is 22.8 Å². The van der Waals surface area contributed by atoms with Crippen molar-refractivity contribution in [1.82, 2.24) is 5.32 Å². The third-order valence-electron chi connectivity index (χ3n) is 4.01. The fourth-order valence-corrected chi connectivity index (χ4v) is 3.90. The van der Waals surface area contributed by atoms with Crippen molar-refractivity contribution >= 4 is 39.5 Å². The third kappa shape index (κ3) is 4.39. The van der Waals surface area contributed by atoms with Crippen molar-refractivity contribution < 1.29 is 9.59 Å². The van der Waals surface area contributed by atoms with Crippen LogP contribution in [0.5, 0.6) is 0 Å². The Morgan fingerprint density at radius 2 is 1.77 bits per heavy atom. The van der Waals surface area contributed by atoms with Crippen LogP contribution >= 0.6 is 22.7 Å². The summed E-state index contributed by atoms with van der Waals surface area (Å²) < 4.78 is 0. The van der Waals surface area contributed by atoms with Crippen molar-refractivity contribution in [2.24, 2.45) is 0 Å². The highest BCUT2D eigenvalue weighted by Crippen LogP contribution is 2.24. The van der Waals surface area contributed by atoms with Gasteiger partial charge in [-0.15, -0.1) is 11.3 Å². The van der Waals surface area contributed by atoms with E-state index in [9.17, 15) is 9.59 Å². The molecule has 3 aromatic rings. The van der Waals surface area contributed by atoms with E-state index in [-0.39, 0.29) is 11.8 Å². The average Bonchev–Trinajstić information content (AvgIpc) is 3.31. The first-order valence-electron chi connectivity index (χ1n) is 8.32. The molecule has 0 saturated carbocycles. The molecule has 134 valence electrons. The predicted molar refractivity (Wildman–Crippen MR) is 108 cm³/mol. The lowest BCUT2D eigenvalue weighted by atomic mass is 10.0. The molecule has 4 nitrogen and oxygen atoms in total. The monoisotopic (exact) mass is 384 g/mol. The summed E-state index contributed by atoms with van der Waals surface area (Å²) in [4.78, 5) is 24.9. The summed E-state index contributed by atoms with van der Waals surface area (Å²) in [7, 11) is 0. The van der Waals surface area contributed by atoms with Crippen molar-refractivity contribution in [1.29, 1.82) is 0 Å². The van der Waals surface area contributed by atoms with E-state index in [0.717, 1.165) is 5.56 Å². The molecule has 2 aromatic heterocycles. The van der Waals surface area contributed by atoms with Crippen molar-refractivity contribution in [3.05, 3.63) is 74.8 Å². The molecule has 2 amide bonds. The fraction of sp³-hybridized carbons (Fsp3) is 0.200. The highest BCUT2D eigenvalue weighted by Gasteiger charge is 2.16. The van der Waals surface area contributed by atoms with Crippen LogP contribution in [-0.2, 0) is 6.54 Å². The topological polar surface area (TPSA) is 58.2 Å². The first-order chi connectivity index (χ1) is 12.5. The molecule has 1 aromatic carbocycles. The lowest BCUT2D eigenvalue weighted by Crippen LogP contribution is -2.23. The Kier molecular flexibility index (Phi) is 5.85. The number of carbonyl (C=O) groups is 2. The first-order valence-corrected chi connectivity index (χ1v) is 10.1. The van der Waals surface area contributed by atoms with E-state index in [1.807, 2.05) is 41.1 Å². The highest BCUT2D eigenvalue weighted by molar-refractivity contribution is 7.14. The Bertz CT molecular complexity index is 881. The minimum Gasteiger partial charge on any atom is -0.348 e. The van der Waals surface area contributed by atoms with E-state index in [0.29, 0.717) is 28.6 Å². The maximum atomic E-state index is 12.5. The number of thiophene rings is 2. The van der Waals surface area contributed by atoms with Crippen LogP contribution in [0.2, 0.25) is 0 Å². The van der Waals surface area contributed by atoms with Crippen LogP contribution in [0, 0.1) is 0 Å². The number of carbonyl (C=O) groups excluding carboxylic acids is 2. The summed E-state index contributed by atoms with van der Waals surface area (Å²) >= 11 is 2.94. The molecule has 0 atom stereocenters. The van der Waals surface area contributed by atoms with E-state index in [2.05, 4.69) is 24.5 Å². The van der Waals surface area contributed by atoms with Crippen LogP contribution in [0.1, 0.15) is 51.6 Å². The van der Waals surface area contributed by atoms with Crippen LogP contribution in [0.3, 0.4) is 0 Å². The van der Waals surface area contributed by atoms with Gasteiger partial charge < -0.3 is 10.6 Å². The normalized spacial score (nSPS) is 10.7. The van der Waals surface area contributed by atoms with Crippen molar-refractivity contribution in [2.75, 3.05) is 5.32 Å². The number of anilines is 1. The second-order valence-electron chi connectivity index (χ2n) is 6.21. The molecule has 0 aliphatic rings. The molecule has 2 heterocycles. The third-order valence-corrected chi connectivity index (χ3v) is 5.57. The minimum absolute atomic E-state index is 0.192. The Morgan fingerprint density at radius 1 is 1.00 bits per heavy atom. The maximum Gasteiger partial charge on any atom is 0.256 e. The number of benzene rings is 1. The van der Waals surface area contributed by atoms with E-state index < -0.39 is 0 Å². The average molecular weight is 385 g/mol. The summed E-state index contributed by atoms with van der Waals surface area (Å²) in [6.07, 6.45) is 0. The lowest BCUT2D eigenvalue weighted by molar-refractivity contribution is 0.0952. The smallest absolute Gasteiger partial charge is 0.256 e. The number of rotatable bonds is 6. The minimum atomic E-state index is -0.213. The quantitative estimate of drug-likeness (QED) is 0.620. The van der Waals surface area contributed by atoms with Crippen molar-refractivity contribution in [3.63, 3.8) is 0 Å². The van der Waals surface area contributed by atoms with Crippen LogP contribution < -0.4 is 10.6 Å². The summed E-state index contributed by atoms with van der Waals surface area (Å²) in [6.45, 7) is 4.70. The SMILES string of the molecule is CC(C)c1ccc(C(=O)Nc2sccc2C(=O)NCc2ccsc2)cc1. The zero-order valence-electron chi connectivity index (χ0n) is 14.6. The van der Waals surface area contributed by atoms with Gasteiger partial charge in [-0.2, -0.15) is 11.3 Å². The molecule has 0 unspecified atom stereocenters. The number of hydrogen-bond acceptors (Lipinski definition) is 4. The van der Waals surface area contributed by atoms with Crippen LogP contribution in [0.15, 0.2) is 52.5 Å². The Hall–Kier alpha value is -2.44. The summed E-state index contributed by atoms with van der Waals surface area (Å²) in [5, 5.41) is 12.1. The zero-order valence-corrected chi connectivity index (χ0v) is 16.2. The van der Waals surface area contributed by atoms with Gasteiger partial charge in [0.05, 0.1) is 5.56 Å². The Balaban J connectivity index is 1.66. The number of nitrogens with one attached hydrogen (secondary N) is 2. The van der Waals surface area contributed by atoms with Gasteiger partial charge >= 0.3 is 0 Å². The van der Waals surface area contributed by atoms with Gasteiger partial charge in [0.2, 0.25) is 0 Å². The number of hydrogen-bond donors (Lipinski definition) is 2. The molecule has 0 aliphatic carbocycles. The molecule has 6 heteroatoms. The van der Waals surface area contributed by atoms with Crippen LogP contribution in [-0.4, -0.2) is 11.8 Å². The fourth-order valence-electron chi connectivity index (χ4n) is 2.45. The van der Waals surface area contributed by atoms with Gasteiger partial charge in [-0.25, -0.2) is 0 Å². The molecule has 0 saturated heterocycles. The summed E-state index contributed by atoms with van der Waals surface area (Å²) in [5.74, 6) is 0.0143. The molecular formula is C20H20N2O2S2. The molecule has 0 radical (unpaired) electrons. The Labute approximate surface area is 160 Å². The molecule has 0 fully saturated rings. The van der Waals surface area contributed by atoms with Gasteiger partial charge in [-0.1, -0.05) is 26.0 Å². The summed E-state index contributed by atoms with van der Waals surface area (Å²) in [5.41, 5.74) is 3.31. The predicted octanol–water partition coefficient (Wildman–Crippen LogP) is 5.12. The van der Waals surface area contributed by atoms with Crippen LogP contribution in [0.4, 0.5) is 5.00 Å². The van der Waals surface area contributed by atoms with Gasteiger partial charge in [0.25, 0.3) is 11.8 Å². The molecule has 26 heavy (non-hydrogen) atoms. The van der Waals surface area contributed by atoms with Gasteiger partial charge in [-0.3, -0.25) is 9.59 Å². The lowest BCUT2D eigenvalue weighted by Gasteiger charge is -2.09. The highest BCUT2D eigenvalue weighted by atomic mass is 32.1. The van der Waals surface area contributed by atoms with Crippen molar-refractivity contribution in [3.8, 4) is 0 Å². The van der Waals surface area contributed by atoms with Gasteiger partial charge in [0.1, 0.15) is 5.00 Å². The molecule has 0 bridgehead atoms.